The van der Waals surface area contributed by atoms with Crippen LogP contribution in [0.2, 0.25) is 5.02 Å². The maximum atomic E-state index is 12.6. The van der Waals surface area contributed by atoms with Crippen molar-refractivity contribution in [2.75, 3.05) is 38.5 Å². The Labute approximate surface area is 171 Å². The van der Waals surface area contributed by atoms with E-state index in [1.165, 1.54) is 9.87 Å². The summed E-state index contributed by atoms with van der Waals surface area (Å²) >= 11 is 5.87. The fourth-order valence-electron chi connectivity index (χ4n) is 3.16. The van der Waals surface area contributed by atoms with Gasteiger partial charge in [-0.3, -0.25) is 9.69 Å². The molecule has 0 spiro atoms. The SMILES string of the molecule is O=C(NCCS(=O)(=O)N1CCN(Cc2ccccc2)CC1)c1cccc(Cl)c1. The Morgan fingerprint density at radius 2 is 1.71 bits per heavy atom. The normalized spacial score (nSPS) is 16.0. The molecule has 1 aliphatic heterocycles. The first kappa shape index (κ1) is 20.8. The highest BCUT2D eigenvalue weighted by atomic mass is 35.5. The quantitative estimate of drug-likeness (QED) is 0.744. The standard InChI is InChI=1S/C20H24ClN3O3S/c21-19-8-4-7-18(15-19)20(25)22-9-14-28(26,27)24-12-10-23(11-13-24)16-17-5-2-1-3-6-17/h1-8,15H,9-14,16H2,(H,22,25). The number of benzene rings is 2. The van der Waals surface area contributed by atoms with E-state index in [9.17, 15) is 13.2 Å². The molecule has 1 heterocycles. The van der Waals surface area contributed by atoms with Crippen LogP contribution in [0.25, 0.3) is 0 Å². The molecular weight excluding hydrogens is 398 g/mol. The van der Waals surface area contributed by atoms with Crippen LogP contribution in [0, 0.1) is 0 Å². The van der Waals surface area contributed by atoms with Crippen molar-refractivity contribution in [3.63, 3.8) is 0 Å². The van der Waals surface area contributed by atoms with Crippen LogP contribution in [0.5, 0.6) is 0 Å². The Balaban J connectivity index is 1.44. The Kier molecular flexibility index (Phi) is 7.07. The molecule has 1 saturated heterocycles. The van der Waals surface area contributed by atoms with Crippen molar-refractivity contribution in [1.82, 2.24) is 14.5 Å². The van der Waals surface area contributed by atoms with E-state index in [0.29, 0.717) is 36.8 Å². The van der Waals surface area contributed by atoms with Gasteiger partial charge in [-0.15, -0.1) is 0 Å². The number of carbonyl (C=O) groups is 1. The molecule has 0 aromatic heterocycles. The third-order valence-corrected chi connectivity index (χ3v) is 6.81. The van der Waals surface area contributed by atoms with Crippen molar-refractivity contribution >= 4 is 27.5 Å². The molecule has 0 saturated carbocycles. The first-order chi connectivity index (χ1) is 13.4. The van der Waals surface area contributed by atoms with Crippen LogP contribution in [0.4, 0.5) is 0 Å². The van der Waals surface area contributed by atoms with Gasteiger partial charge >= 0.3 is 0 Å². The van der Waals surface area contributed by atoms with Gasteiger partial charge in [-0.2, -0.15) is 4.31 Å². The molecule has 0 radical (unpaired) electrons. The molecule has 0 unspecified atom stereocenters. The van der Waals surface area contributed by atoms with E-state index in [1.54, 1.807) is 24.3 Å². The van der Waals surface area contributed by atoms with Gasteiger partial charge in [0.1, 0.15) is 0 Å². The highest BCUT2D eigenvalue weighted by Crippen LogP contribution is 2.12. The summed E-state index contributed by atoms with van der Waals surface area (Å²) in [6.45, 7) is 3.23. The van der Waals surface area contributed by atoms with Gasteiger partial charge in [0.25, 0.3) is 5.91 Å². The molecule has 2 aromatic carbocycles. The van der Waals surface area contributed by atoms with Crippen LogP contribution in [-0.2, 0) is 16.6 Å². The van der Waals surface area contributed by atoms with Crippen molar-refractivity contribution < 1.29 is 13.2 Å². The lowest BCUT2D eigenvalue weighted by Gasteiger charge is -2.34. The number of halogens is 1. The number of hydrogen-bond donors (Lipinski definition) is 1. The van der Waals surface area contributed by atoms with E-state index in [2.05, 4.69) is 22.3 Å². The molecule has 2 aromatic rings. The molecular formula is C20H24ClN3O3S. The second kappa shape index (κ2) is 9.52. The zero-order valence-electron chi connectivity index (χ0n) is 15.6. The smallest absolute Gasteiger partial charge is 0.251 e. The first-order valence-corrected chi connectivity index (χ1v) is 11.2. The average molecular weight is 422 g/mol. The molecule has 3 rings (SSSR count). The Hall–Kier alpha value is -1.93. The third-order valence-electron chi connectivity index (χ3n) is 4.71. The van der Waals surface area contributed by atoms with Gasteiger partial charge in [0, 0.05) is 49.9 Å². The van der Waals surface area contributed by atoms with Crippen LogP contribution in [0.3, 0.4) is 0 Å². The van der Waals surface area contributed by atoms with Crippen LogP contribution < -0.4 is 5.32 Å². The Morgan fingerprint density at radius 3 is 2.39 bits per heavy atom. The Bertz CT molecular complexity index is 898. The van der Waals surface area contributed by atoms with Crippen LogP contribution >= 0.6 is 11.6 Å². The average Bonchev–Trinajstić information content (AvgIpc) is 2.69. The molecule has 1 N–H and O–H groups in total. The van der Waals surface area contributed by atoms with Gasteiger partial charge in [0.05, 0.1) is 5.75 Å². The number of sulfonamides is 1. The molecule has 6 nitrogen and oxygen atoms in total. The summed E-state index contributed by atoms with van der Waals surface area (Å²) in [5, 5.41) is 3.12. The summed E-state index contributed by atoms with van der Waals surface area (Å²) in [6.07, 6.45) is 0. The number of rotatable bonds is 7. The van der Waals surface area contributed by atoms with Crippen LogP contribution in [0.15, 0.2) is 54.6 Å². The van der Waals surface area contributed by atoms with Gasteiger partial charge in [0.2, 0.25) is 10.0 Å². The zero-order valence-corrected chi connectivity index (χ0v) is 17.1. The molecule has 0 aliphatic carbocycles. The molecule has 1 amide bonds. The van der Waals surface area contributed by atoms with Crippen molar-refractivity contribution in [3.05, 3.63) is 70.7 Å². The van der Waals surface area contributed by atoms with Gasteiger partial charge in [-0.1, -0.05) is 48.0 Å². The summed E-state index contributed by atoms with van der Waals surface area (Å²) < 4.78 is 26.6. The lowest BCUT2D eigenvalue weighted by molar-refractivity contribution is 0.0956. The predicted octanol–water partition coefficient (Wildman–Crippen LogP) is 2.22. The number of nitrogens with one attached hydrogen (secondary N) is 1. The molecule has 28 heavy (non-hydrogen) atoms. The summed E-state index contributed by atoms with van der Waals surface area (Å²) in [5.41, 5.74) is 1.64. The van der Waals surface area contributed by atoms with Crippen molar-refractivity contribution in [1.29, 1.82) is 0 Å². The molecule has 0 atom stereocenters. The van der Waals surface area contributed by atoms with Gasteiger partial charge in [-0.05, 0) is 23.8 Å². The van der Waals surface area contributed by atoms with Crippen molar-refractivity contribution in [3.8, 4) is 0 Å². The lowest BCUT2D eigenvalue weighted by Crippen LogP contribution is -2.49. The molecule has 150 valence electrons. The monoisotopic (exact) mass is 421 g/mol. The van der Waals surface area contributed by atoms with E-state index >= 15 is 0 Å². The number of piperazine rings is 1. The molecule has 1 fully saturated rings. The molecule has 1 aliphatic rings. The van der Waals surface area contributed by atoms with Crippen LogP contribution in [-0.4, -0.2) is 62.0 Å². The van der Waals surface area contributed by atoms with Crippen molar-refractivity contribution in [2.24, 2.45) is 0 Å². The van der Waals surface area contributed by atoms with Gasteiger partial charge < -0.3 is 5.32 Å². The number of amides is 1. The number of carbonyl (C=O) groups excluding carboxylic acids is 1. The van der Waals surface area contributed by atoms with E-state index in [0.717, 1.165) is 6.54 Å². The topological polar surface area (TPSA) is 69.7 Å². The van der Waals surface area contributed by atoms with Crippen LogP contribution in [0.1, 0.15) is 15.9 Å². The second-order valence-corrected chi connectivity index (χ2v) is 9.27. The van der Waals surface area contributed by atoms with Gasteiger partial charge in [-0.25, -0.2) is 8.42 Å². The van der Waals surface area contributed by atoms with E-state index in [4.69, 9.17) is 11.6 Å². The highest BCUT2D eigenvalue weighted by molar-refractivity contribution is 7.89. The zero-order chi connectivity index (χ0) is 20.0. The fraction of sp³-hybridized carbons (Fsp3) is 0.350. The fourth-order valence-corrected chi connectivity index (χ4v) is 4.69. The summed E-state index contributed by atoms with van der Waals surface area (Å²) in [4.78, 5) is 14.3. The summed E-state index contributed by atoms with van der Waals surface area (Å²) in [7, 11) is -3.40. The predicted molar refractivity (Wildman–Crippen MR) is 111 cm³/mol. The number of hydrogen-bond acceptors (Lipinski definition) is 4. The summed E-state index contributed by atoms with van der Waals surface area (Å²) in [6, 6.07) is 16.7. The minimum atomic E-state index is -3.40. The van der Waals surface area contributed by atoms with E-state index in [-0.39, 0.29) is 18.2 Å². The van der Waals surface area contributed by atoms with E-state index < -0.39 is 10.0 Å². The summed E-state index contributed by atoms with van der Waals surface area (Å²) in [5.74, 6) is -0.441. The van der Waals surface area contributed by atoms with Gasteiger partial charge in [0.15, 0.2) is 0 Å². The minimum absolute atomic E-state index is 0.0674. The molecule has 0 bridgehead atoms. The maximum Gasteiger partial charge on any atom is 0.251 e. The lowest BCUT2D eigenvalue weighted by atomic mass is 10.2. The molecule has 8 heteroatoms. The minimum Gasteiger partial charge on any atom is -0.351 e. The highest BCUT2D eigenvalue weighted by Gasteiger charge is 2.26. The first-order valence-electron chi connectivity index (χ1n) is 9.22. The number of nitrogens with zero attached hydrogens (tertiary/aromatic N) is 2. The second-order valence-electron chi connectivity index (χ2n) is 6.74. The Morgan fingerprint density at radius 1 is 1.00 bits per heavy atom. The van der Waals surface area contributed by atoms with Crippen molar-refractivity contribution in [2.45, 2.75) is 6.54 Å². The largest absolute Gasteiger partial charge is 0.351 e. The maximum absolute atomic E-state index is 12.6. The van der Waals surface area contributed by atoms with E-state index in [1.807, 2.05) is 18.2 Å². The third kappa shape index (κ3) is 5.78.